The maximum atomic E-state index is 12.2. The zero-order valence-electron chi connectivity index (χ0n) is 11.6. The smallest absolute Gasteiger partial charge is 0.254 e. The van der Waals surface area contributed by atoms with Crippen molar-refractivity contribution in [3.05, 3.63) is 23.3 Å². The average Bonchev–Trinajstić information content (AvgIpc) is 2.52. The molecule has 0 saturated carbocycles. The molecule has 0 bridgehead atoms. The van der Waals surface area contributed by atoms with Gasteiger partial charge in [-0.2, -0.15) is 5.26 Å². The van der Waals surface area contributed by atoms with Crippen LogP contribution in [0.15, 0.2) is 23.3 Å². The summed E-state index contributed by atoms with van der Waals surface area (Å²) in [6.07, 6.45) is 2.57. The number of methoxy groups -OCH3 is 4. The van der Waals surface area contributed by atoms with Crippen LogP contribution in [-0.4, -0.2) is 45.8 Å². The fourth-order valence-electron chi connectivity index (χ4n) is 2.09. The highest BCUT2D eigenvalue weighted by molar-refractivity contribution is 5.99. The van der Waals surface area contributed by atoms with Gasteiger partial charge >= 0.3 is 0 Å². The van der Waals surface area contributed by atoms with Crippen molar-refractivity contribution in [2.24, 2.45) is 0 Å². The van der Waals surface area contributed by atoms with Crippen molar-refractivity contribution in [3.63, 3.8) is 0 Å². The lowest BCUT2D eigenvalue weighted by Gasteiger charge is -2.30. The first kappa shape index (κ1) is 15.5. The molecule has 6 heteroatoms. The fourth-order valence-corrected chi connectivity index (χ4v) is 2.09. The minimum atomic E-state index is -1.65. The number of ether oxygens (including phenoxy) is 4. The maximum Gasteiger partial charge on any atom is 0.254 e. The van der Waals surface area contributed by atoms with E-state index >= 15 is 0 Å². The second-order valence-corrected chi connectivity index (χ2v) is 3.96. The molecule has 0 amide bonds. The number of carbonyl (C=O) groups is 1. The molecule has 0 heterocycles. The van der Waals surface area contributed by atoms with E-state index in [9.17, 15) is 10.1 Å². The molecule has 0 atom stereocenters. The molecule has 6 nitrogen and oxygen atoms in total. The zero-order valence-corrected chi connectivity index (χ0v) is 11.6. The van der Waals surface area contributed by atoms with Crippen LogP contribution < -0.4 is 0 Å². The third-order valence-electron chi connectivity index (χ3n) is 3.20. The molecule has 0 N–H and O–H groups in total. The van der Waals surface area contributed by atoms with Crippen LogP contribution in [-0.2, 0) is 23.7 Å². The van der Waals surface area contributed by atoms with E-state index in [1.807, 2.05) is 6.07 Å². The molecule has 0 aromatic rings. The summed E-state index contributed by atoms with van der Waals surface area (Å²) in [4.78, 5) is 12.2. The van der Waals surface area contributed by atoms with Gasteiger partial charge in [0, 0.05) is 34.5 Å². The van der Waals surface area contributed by atoms with E-state index in [-0.39, 0.29) is 5.57 Å². The molecular formula is C13H17NO5. The highest BCUT2D eigenvalue weighted by atomic mass is 16.7. The first-order chi connectivity index (χ1) is 8.96. The molecule has 19 heavy (non-hydrogen) atoms. The van der Waals surface area contributed by atoms with Gasteiger partial charge in [-0.15, -0.1) is 0 Å². The molecule has 0 aromatic heterocycles. The van der Waals surface area contributed by atoms with Crippen LogP contribution >= 0.6 is 0 Å². The number of nitrogens with zero attached hydrogens (tertiary/aromatic N) is 1. The van der Waals surface area contributed by atoms with E-state index in [0.29, 0.717) is 5.57 Å². The van der Waals surface area contributed by atoms with E-state index in [0.717, 1.165) is 0 Å². The van der Waals surface area contributed by atoms with E-state index in [4.69, 9.17) is 18.9 Å². The molecule has 0 aliphatic heterocycles. The minimum absolute atomic E-state index is 0.0841. The normalized spacial score (nSPS) is 21.2. The first-order valence-corrected chi connectivity index (χ1v) is 5.53. The summed E-state index contributed by atoms with van der Waals surface area (Å²) in [6, 6.07) is 1.97. The van der Waals surface area contributed by atoms with Gasteiger partial charge in [0.15, 0.2) is 0 Å². The molecular weight excluding hydrogens is 250 g/mol. The number of nitriles is 1. The SMILES string of the molecule is COC1(OC)C=C(C#N)C(OC)(OC)C(C)=CC1=O. The van der Waals surface area contributed by atoms with Gasteiger partial charge in [-0.3, -0.25) is 4.79 Å². The molecule has 1 aliphatic carbocycles. The zero-order chi connectivity index (χ0) is 14.7. The summed E-state index contributed by atoms with van der Waals surface area (Å²) in [5.74, 6) is -3.51. The van der Waals surface area contributed by atoms with Gasteiger partial charge in [-0.1, -0.05) is 0 Å². The van der Waals surface area contributed by atoms with Gasteiger partial charge in [0.1, 0.15) is 6.07 Å². The van der Waals surface area contributed by atoms with Crippen LogP contribution in [0.2, 0.25) is 0 Å². The molecule has 104 valence electrons. The average molecular weight is 267 g/mol. The summed E-state index contributed by atoms with van der Waals surface area (Å²) in [5.41, 5.74) is 0.520. The Kier molecular flexibility index (Phi) is 4.61. The lowest BCUT2D eigenvalue weighted by molar-refractivity contribution is -0.181. The van der Waals surface area contributed by atoms with Crippen molar-refractivity contribution in [2.45, 2.75) is 18.5 Å². The van der Waals surface area contributed by atoms with Crippen molar-refractivity contribution < 1.29 is 23.7 Å². The predicted molar refractivity (Wildman–Crippen MR) is 66.0 cm³/mol. The van der Waals surface area contributed by atoms with Crippen molar-refractivity contribution >= 4 is 5.78 Å². The first-order valence-electron chi connectivity index (χ1n) is 5.53. The summed E-state index contributed by atoms with van der Waals surface area (Å²) in [5, 5.41) is 9.31. The van der Waals surface area contributed by atoms with E-state index in [1.54, 1.807) is 6.92 Å². The third kappa shape index (κ3) is 2.22. The number of ketones is 1. The molecule has 1 rings (SSSR count). The van der Waals surface area contributed by atoms with Crippen LogP contribution in [0.4, 0.5) is 0 Å². The topological polar surface area (TPSA) is 77.8 Å². The predicted octanol–water partition coefficient (Wildman–Crippen LogP) is 0.944. The second-order valence-electron chi connectivity index (χ2n) is 3.96. The van der Waals surface area contributed by atoms with Gasteiger partial charge in [-0.05, 0) is 18.6 Å². The Morgan fingerprint density at radius 2 is 1.63 bits per heavy atom. The second kappa shape index (κ2) is 5.63. The minimum Gasteiger partial charge on any atom is -0.345 e. The highest BCUT2D eigenvalue weighted by Gasteiger charge is 2.47. The summed E-state index contributed by atoms with van der Waals surface area (Å²) < 4.78 is 20.9. The van der Waals surface area contributed by atoms with E-state index in [2.05, 4.69) is 0 Å². The van der Waals surface area contributed by atoms with Crippen LogP contribution in [0.5, 0.6) is 0 Å². The molecule has 0 fully saturated rings. The highest BCUT2D eigenvalue weighted by Crippen LogP contribution is 2.36. The van der Waals surface area contributed by atoms with Crippen LogP contribution in [0.25, 0.3) is 0 Å². The van der Waals surface area contributed by atoms with Gasteiger partial charge < -0.3 is 18.9 Å². The Morgan fingerprint density at radius 1 is 1.11 bits per heavy atom. The largest absolute Gasteiger partial charge is 0.345 e. The number of carbonyl (C=O) groups excluding carboxylic acids is 1. The summed E-state index contributed by atoms with van der Waals surface area (Å²) in [7, 11) is 5.43. The van der Waals surface area contributed by atoms with Crippen molar-refractivity contribution in [3.8, 4) is 6.07 Å². The summed E-state index contributed by atoms with van der Waals surface area (Å²) in [6.45, 7) is 1.64. The fraction of sp³-hybridized carbons (Fsp3) is 0.538. The number of hydrogen-bond acceptors (Lipinski definition) is 6. The monoisotopic (exact) mass is 267 g/mol. The van der Waals surface area contributed by atoms with Gasteiger partial charge in [0.05, 0.1) is 5.57 Å². The Balaban J connectivity index is 3.62. The van der Waals surface area contributed by atoms with Gasteiger partial charge in [0.25, 0.3) is 5.79 Å². The Hall–Kier alpha value is -1.52. The third-order valence-corrected chi connectivity index (χ3v) is 3.20. The quantitative estimate of drug-likeness (QED) is 0.705. The number of rotatable bonds is 4. The van der Waals surface area contributed by atoms with Gasteiger partial charge in [-0.25, -0.2) is 0 Å². The summed E-state index contributed by atoms with van der Waals surface area (Å²) >= 11 is 0. The Morgan fingerprint density at radius 3 is 2.00 bits per heavy atom. The molecule has 1 aliphatic rings. The van der Waals surface area contributed by atoms with Crippen molar-refractivity contribution in [1.29, 1.82) is 5.26 Å². The Bertz CT molecular complexity index is 464. The van der Waals surface area contributed by atoms with Crippen molar-refractivity contribution in [2.75, 3.05) is 28.4 Å². The van der Waals surface area contributed by atoms with Crippen LogP contribution in [0.3, 0.4) is 0 Å². The Labute approximate surface area is 112 Å². The molecule has 0 spiro atoms. The van der Waals surface area contributed by atoms with E-state index in [1.165, 1.54) is 40.6 Å². The van der Waals surface area contributed by atoms with Crippen LogP contribution in [0.1, 0.15) is 6.92 Å². The van der Waals surface area contributed by atoms with E-state index < -0.39 is 17.4 Å². The maximum absolute atomic E-state index is 12.2. The van der Waals surface area contributed by atoms with Crippen LogP contribution in [0, 0.1) is 11.3 Å². The molecule has 0 unspecified atom stereocenters. The molecule has 0 saturated heterocycles. The standard InChI is InChI=1S/C13H17NO5/c1-9-6-11(15)12(16-2,17-3)7-10(8-14)13(9,18-4)19-5/h6-7H,1-5H3. The number of hydrogen-bond donors (Lipinski definition) is 0. The van der Waals surface area contributed by atoms with Gasteiger partial charge in [0.2, 0.25) is 11.6 Å². The van der Waals surface area contributed by atoms with Crippen molar-refractivity contribution in [1.82, 2.24) is 0 Å². The lowest BCUT2D eigenvalue weighted by Crippen LogP contribution is -2.40. The molecule has 0 aromatic carbocycles. The lowest BCUT2D eigenvalue weighted by atomic mass is 9.99. The molecule has 0 radical (unpaired) electrons.